The molecular weight excluding hydrogens is 260 g/mol. The van der Waals surface area contributed by atoms with Crippen LogP contribution in [-0.2, 0) is 16.6 Å². The second kappa shape index (κ2) is 5.61. The third-order valence-electron chi connectivity index (χ3n) is 3.93. The smallest absolute Gasteiger partial charge is 0.243 e. The largest absolute Gasteiger partial charge is 0.326 e. The van der Waals surface area contributed by atoms with Gasteiger partial charge < -0.3 is 5.73 Å². The number of benzene rings is 1. The Balaban J connectivity index is 2.47. The molecule has 19 heavy (non-hydrogen) atoms. The highest BCUT2D eigenvalue weighted by atomic mass is 32.2. The molecule has 5 heteroatoms. The van der Waals surface area contributed by atoms with E-state index >= 15 is 0 Å². The zero-order valence-electron chi connectivity index (χ0n) is 11.5. The molecule has 1 heterocycles. The predicted octanol–water partition coefficient (Wildman–Crippen LogP) is 2.10. The van der Waals surface area contributed by atoms with Gasteiger partial charge in [-0.1, -0.05) is 25.1 Å². The minimum atomic E-state index is -3.44. The van der Waals surface area contributed by atoms with Gasteiger partial charge in [-0.05, 0) is 37.8 Å². The SMILES string of the molecule is CCC1CCC(C)N1S(=O)(=O)c1ccccc1CN. The number of sulfonamides is 1. The minimum Gasteiger partial charge on any atom is -0.326 e. The van der Waals surface area contributed by atoms with Crippen molar-refractivity contribution in [3.63, 3.8) is 0 Å². The molecule has 0 saturated carbocycles. The molecule has 1 fully saturated rings. The molecule has 1 aliphatic heterocycles. The van der Waals surface area contributed by atoms with Crippen molar-refractivity contribution < 1.29 is 8.42 Å². The van der Waals surface area contributed by atoms with Crippen molar-refractivity contribution in [2.45, 2.75) is 56.6 Å². The molecule has 4 nitrogen and oxygen atoms in total. The number of rotatable bonds is 4. The average molecular weight is 282 g/mol. The van der Waals surface area contributed by atoms with Gasteiger partial charge in [0, 0.05) is 18.6 Å². The zero-order chi connectivity index (χ0) is 14.0. The lowest BCUT2D eigenvalue weighted by Gasteiger charge is -2.27. The number of nitrogens with zero attached hydrogens (tertiary/aromatic N) is 1. The molecule has 0 bridgehead atoms. The van der Waals surface area contributed by atoms with Gasteiger partial charge in [-0.25, -0.2) is 8.42 Å². The predicted molar refractivity (Wildman–Crippen MR) is 76.1 cm³/mol. The highest BCUT2D eigenvalue weighted by Gasteiger charge is 2.39. The molecule has 2 atom stereocenters. The van der Waals surface area contributed by atoms with Crippen molar-refractivity contribution in [1.82, 2.24) is 4.31 Å². The van der Waals surface area contributed by atoms with Crippen LogP contribution in [0.25, 0.3) is 0 Å². The van der Waals surface area contributed by atoms with Crippen molar-refractivity contribution >= 4 is 10.0 Å². The maximum absolute atomic E-state index is 12.9. The maximum Gasteiger partial charge on any atom is 0.243 e. The van der Waals surface area contributed by atoms with E-state index in [0.717, 1.165) is 19.3 Å². The first-order valence-electron chi connectivity index (χ1n) is 6.83. The Hall–Kier alpha value is -0.910. The molecule has 1 aliphatic rings. The fourth-order valence-corrected chi connectivity index (χ4v) is 5.09. The Bertz CT molecular complexity index is 542. The third kappa shape index (κ3) is 2.55. The van der Waals surface area contributed by atoms with Crippen molar-refractivity contribution in [2.24, 2.45) is 5.73 Å². The lowest BCUT2D eigenvalue weighted by atomic mass is 10.2. The summed E-state index contributed by atoms with van der Waals surface area (Å²) in [6.45, 7) is 4.27. The molecule has 0 radical (unpaired) electrons. The molecule has 0 amide bonds. The van der Waals surface area contributed by atoms with E-state index in [9.17, 15) is 8.42 Å². The van der Waals surface area contributed by atoms with Crippen LogP contribution in [0, 0.1) is 0 Å². The Morgan fingerprint density at radius 2 is 2.00 bits per heavy atom. The first kappa shape index (κ1) is 14.5. The van der Waals surface area contributed by atoms with Gasteiger partial charge in [0.1, 0.15) is 0 Å². The summed E-state index contributed by atoms with van der Waals surface area (Å²) in [7, 11) is -3.44. The van der Waals surface area contributed by atoms with E-state index in [0.29, 0.717) is 10.5 Å². The van der Waals surface area contributed by atoms with E-state index < -0.39 is 10.0 Å². The van der Waals surface area contributed by atoms with Crippen LogP contribution in [0.4, 0.5) is 0 Å². The highest BCUT2D eigenvalue weighted by Crippen LogP contribution is 2.33. The van der Waals surface area contributed by atoms with Crippen LogP contribution in [0.5, 0.6) is 0 Å². The molecule has 0 aliphatic carbocycles. The van der Waals surface area contributed by atoms with Gasteiger partial charge >= 0.3 is 0 Å². The highest BCUT2D eigenvalue weighted by molar-refractivity contribution is 7.89. The van der Waals surface area contributed by atoms with Crippen LogP contribution < -0.4 is 5.73 Å². The molecule has 2 unspecified atom stereocenters. The zero-order valence-corrected chi connectivity index (χ0v) is 12.4. The van der Waals surface area contributed by atoms with E-state index in [1.54, 1.807) is 22.5 Å². The van der Waals surface area contributed by atoms with E-state index in [2.05, 4.69) is 0 Å². The van der Waals surface area contributed by atoms with Crippen molar-refractivity contribution in [3.05, 3.63) is 29.8 Å². The van der Waals surface area contributed by atoms with Gasteiger partial charge in [-0.15, -0.1) is 0 Å². The van der Waals surface area contributed by atoms with Gasteiger partial charge in [-0.3, -0.25) is 0 Å². The molecule has 1 aromatic rings. The summed E-state index contributed by atoms with van der Waals surface area (Å²) in [6, 6.07) is 7.22. The fourth-order valence-electron chi connectivity index (χ4n) is 2.90. The number of hydrogen-bond donors (Lipinski definition) is 1. The second-order valence-electron chi connectivity index (χ2n) is 5.14. The molecule has 0 spiro atoms. The second-order valence-corrected chi connectivity index (χ2v) is 6.95. The van der Waals surface area contributed by atoms with Gasteiger partial charge in [0.2, 0.25) is 10.0 Å². The van der Waals surface area contributed by atoms with Gasteiger partial charge in [-0.2, -0.15) is 4.31 Å². The van der Waals surface area contributed by atoms with Crippen LogP contribution in [-0.4, -0.2) is 24.8 Å². The Morgan fingerprint density at radius 1 is 1.32 bits per heavy atom. The summed E-state index contributed by atoms with van der Waals surface area (Å²) in [5.41, 5.74) is 6.36. The minimum absolute atomic E-state index is 0.0702. The van der Waals surface area contributed by atoms with Crippen molar-refractivity contribution in [3.8, 4) is 0 Å². The van der Waals surface area contributed by atoms with Crippen molar-refractivity contribution in [1.29, 1.82) is 0 Å². The van der Waals surface area contributed by atoms with E-state index in [1.165, 1.54) is 0 Å². The molecular formula is C14H22N2O2S. The summed E-state index contributed by atoms with van der Waals surface area (Å²) in [5, 5.41) is 0. The topological polar surface area (TPSA) is 63.4 Å². The summed E-state index contributed by atoms with van der Waals surface area (Å²) < 4.78 is 27.4. The van der Waals surface area contributed by atoms with Gasteiger partial charge in [0.15, 0.2) is 0 Å². The van der Waals surface area contributed by atoms with Crippen LogP contribution in [0.15, 0.2) is 29.2 Å². The maximum atomic E-state index is 12.9. The van der Waals surface area contributed by atoms with E-state index in [-0.39, 0.29) is 18.6 Å². The molecule has 106 valence electrons. The first-order chi connectivity index (χ1) is 9.02. The van der Waals surface area contributed by atoms with Gasteiger partial charge in [0.25, 0.3) is 0 Å². The summed E-state index contributed by atoms with van der Waals surface area (Å²) in [4.78, 5) is 0.365. The fraction of sp³-hybridized carbons (Fsp3) is 0.571. The first-order valence-corrected chi connectivity index (χ1v) is 8.27. The Morgan fingerprint density at radius 3 is 2.63 bits per heavy atom. The van der Waals surface area contributed by atoms with E-state index in [4.69, 9.17) is 5.73 Å². The lowest BCUT2D eigenvalue weighted by Crippen LogP contribution is -2.40. The Labute approximate surface area is 115 Å². The molecule has 1 aromatic carbocycles. The van der Waals surface area contributed by atoms with E-state index in [1.807, 2.05) is 19.9 Å². The quantitative estimate of drug-likeness (QED) is 0.920. The normalized spacial score (nSPS) is 24.8. The van der Waals surface area contributed by atoms with Crippen LogP contribution in [0.3, 0.4) is 0 Å². The van der Waals surface area contributed by atoms with Crippen LogP contribution >= 0.6 is 0 Å². The lowest BCUT2D eigenvalue weighted by molar-refractivity contribution is 0.328. The monoisotopic (exact) mass is 282 g/mol. The van der Waals surface area contributed by atoms with Crippen LogP contribution in [0.1, 0.15) is 38.7 Å². The molecule has 0 aromatic heterocycles. The number of nitrogens with two attached hydrogens (primary N) is 1. The third-order valence-corrected chi connectivity index (χ3v) is 6.10. The Kier molecular flexibility index (Phi) is 4.28. The molecule has 2 N–H and O–H groups in total. The number of hydrogen-bond acceptors (Lipinski definition) is 3. The summed E-state index contributed by atoms with van der Waals surface area (Å²) >= 11 is 0. The summed E-state index contributed by atoms with van der Waals surface area (Å²) in [6.07, 6.45) is 2.73. The molecule has 2 rings (SSSR count). The molecule has 1 saturated heterocycles. The average Bonchev–Trinajstić information content (AvgIpc) is 2.80. The van der Waals surface area contributed by atoms with Gasteiger partial charge in [0.05, 0.1) is 4.90 Å². The van der Waals surface area contributed by atoms with Crippen molar-refractivity contribution in [2.75, 3.05) is 0 Å². The summed E-state index contributed by atoms with van der Waals surface area (Å²) in [5.74, 6) is 0. The van der Waals surface area contributed by atoms with Crippen LogP contribution in [0.2, 0.25) is 0 Å². The standard InChI is InChI=1S/C14H22N2O2S/c1-3-13-9-8-11(2)16(13)19(17,18)14-7-5-4-6-12(14)10-15/h4-7,11,13H,3,8-10,15H2,1-2H3.